The molecule has 3 N–H and O–H groups in total. The molecule has 1 aliphatic rings. The molecule has 1 aliphatic carbocycles. The summed E-state index contributed by atoms with van der Waals surface area (Å²) in [7, 11) is 3.19. The van der Waals surface area contributed by atoms with Crippen LogP contribution < -0.4 is 20.5 Å². The molecule has 1 heterocycles. The van der Waals surface area contributed by atoms with Gasteiger partial charge in [-0.15, -0.1) is 10.2 Å². The van der Waals surface area contributed by atoms with Gasteiger partial charge in [0, 0.05) is 5.92 Å². The number of amidine groups is 1. The molecule has 4 rings (SSSR count). The van der Waals surface area contributed by atoms with Gasteiger partial charge in [-0.3, -0.25) is 9.59 Å². The number of nitrogens with one attached hydrogen (secondary N) is 1. The molecule has 2 amide bonds. The maximum atomic E-state index is 12.5. The first-order chi connectivity index (χ1) is 19.4. The summed E-state index contributed by atoms with van der Waals surface area (Å²) in [5.41, 5.74) is 7.84. The topological polar surface area (TPSA) is 129 Å². The molecule has 2 unspecified atom stereocenters. The molecule has 0 bridgehead atoms. The van der Waals surface area contributed by atoms with Gasteiger partial charge in [0.25, 0.3) is 5.91 Å². The lowest BCUT2D eigenvalue weighted by atomic mass is 10.0. The minimum atomic E-state index is -0.298. The Morgan fingerprint density at radius 1 is 1.07 bits per heavy atom. The summed E-state index contributed by atoms with van der Waals surface area (Å²) in [6.07, 6.45) is 5.25. The summed E-state index contributed by atoms with van der Waals surface area (Å²) in [5.74, 6) is 1.50. The SMILES string of the molecule is CC=C(SC(N)=NC(=O)Cc1cccc(OC)c1)C1CCC(c2nnc(NC(=O)Cc3cccc(OC)c3)s2)C1. The molecule has 1 saturated carbocycles. The minimum Gasteiger partial charge on any atom is -0.497 e. The van der Waals surface area contributed by atoms with Gasteiger partial charge in [-0.25, -0.2) is 0 Å². The Morgan fingerprint density at radius 2 is 1.75 bits per heavy atom. The van der Waals surface area contributed by atoms with Crippen LogP contribution in [0, 0.1) is 5.92 Å². The van der Waals surface area contributed by atoms with Gasteiger partial charge in [-0.2, -0.15) is 4.99 Å². The van der Waals surface area contributed by atoms with Crippen LogP contribution in [0.5, 0.6) is 11.5 Å². The van der Waals surface area contributed by atoms with Gasteiger partial charge in [-0.05, 0) is 72.4 Å². The first kappa shape index (κ1) is 29.3. The number of allylic oxidation sites excluding steroid dienone is 2. The van der Waals surface area contributed by atoms with Crippen LogP contribution in [0.1, 0.15) is 48.2 Å². The Kier molecular flexibility index (Phi) is 10.3. The first-order valence-corrected chi connectivity index (χ1v) is 14.6. The van der Waals surface area contributed by atoms with Crippen LogP contribution in [0.15, 0.2) is 64.5 Å². The fourth-order valence-corrected chi connectivity index (χ4v) is 6.48. The zero-order chi connectivity index (χ0) is 28.5. The largest absolute Gasteiger partial charge is 0.497 e. The van der Waals surface area contributed by atoms with Crippen LogP contribution in [0.2, 0.25) is 0 Å². The van der Waals surface area contributed by atoms with E-state index in [1.54, 1.807) is 14.2 Å². The number of ether oxygens (including phenoxy) is 2. The van der Waals surface area contributed by atoms with Crippen LogP contribution in [-0.4, -0.2) is 41.4 Å². The lowest BCUT2D eigenvalue weighted by Gasteiger charge is -2.13. The quantitative estimate of drug-likeness (QED) is 0.243. The van der Waals surface area contributed by atoms with E-state index in [4.69, 9.17) is 15.2 Å². The summed E-state index contributed by atoms with van der Waals surface area (Å²) >= 11 is 2.76. The molecule has 0 radical (unpaired) electrons. The van der Waals surface area contributed by atoms with E-state index in [-0.39, 0.29) is 41.7 Å². The van der Waals surface area contributed by atoms with Gasteiger partial charge in [0.2, 0.25) is 11.0 Å². The molecule has 2 aromatic carbocycles. The Balaban J connectivity index is 1.29. The van der Waals surface area contributed by atoms with Gasteiger partial charge >= 0.3 is 0 Å². The van der Waals surface area contributed by atoms with Crippen molar-refractivity contribution in [2.24, 2.45) is 16.6 Å². The van der Waals surface area contributed by atoms with Gasteiger partial charge in [-0.1, -0.05) is 53.4 Å². The predicted molar refractivity (Wildman–Crippen MR) is 160 cm³/mol. The van der Waals surface area contributed by atoms with Crippen molar-refractivity contribution in [3.63, 3.8) is 0 Å². The van der Waals surface area contributed by atoms with Crippen molar-refractivity contribution in [2.75, 3.05) is 19.5 Å². The molecule has 210 valence electrons. The monoisotopic (exact) mass is 579 g/mol. The summed E-state index contributed by atoms with van der Waals surface area (Å²) in [4.78, 5) is 30.2. The van der Waals surface area contributed by atoms with Crippen molar-refractivity contribution in [1.82, 2.24) is 10.2 Å². The maximum Gasteiger partial charge on any atom is 0.252 e. The average molecular weight is 580 g/mol. The molecular weight excluding hydrogens is 546 g/mol. The molecule has 40 heavy (non-hydrogen) atoms. The maximum absolute atomic E-state index is 12.5. The first-order valence-electron chi connectivity index (χ1n) is 13.0. The molecule has 0 aliphatic heterocycles. The number of nitrogens with two attached hydrogens (primary N) is 1. The van der Waals surface area contributed by atoms with E-state index in [1.165, 1.54) is 23.1 Å². The number of anilines is 1. The van der Waals surface area contributed by atoms with Crippen molar-refractivity contribution < 1.29 is 19.1 Å². The number of thioether (sulfide) groups is 1. The van der Waals surface area contributed by atoms with Crippen molar-refractivity contribution in [2.45, 2.75) is 44.9 Å². The van der Waals surface area contributed by atoms with E-state index in [1.807, 2.05) is 61.5 Å². The standard InChI is InChI=1S/C29H33N5O4S2/c1-4-24(39-28(30)31-25(35)15-18-7-5-9-22(13-18)37-2)20-11-12-21(17-20)27-33-34-29(40-27)32-26(36)16-19-8-6-10-23(14-19)38-3/h4-10,13-14,20-21H,11-12,15-17H2,1-3H3,(H2,30,31,35)(H,32,34,36). The second-order valence-electron chi connectivity index (χ2n) is 9.39. The molecule has 11 heteroatoms. The number of aromatic nitrogens is 2. The molecular formula is C29H33N5O4S2. The summed E-state index contributed by atoms with van der Waals surface area (Å²) in [6, 6.07) is 14.8. The highest BCUT2D eigenvalue weighted by atomic mass is 32.2. The summed E-state index contributed by atoms with van der Waals surface area (Å²) in [6.45, 7) is 1.97. The van der Waals surface area contributed by atoms with Crippen LogP contribution in [0.3, 0.4) is 0 Å². The van der Waals surface area contributed by atoms with E-state index in [9.17, 15) is 9.59 Å². The highest BCUT2D eigenvalue weighted by Crippen LogP contribution is 2.45. The molecule has 9 nitrogen and oxygen atoms in total. The number of carbonyl (C=O) groups excluding carboxylic acids is 2. The zero-order valence-electron chi connectivity index (χ0n) is 22.8. The van der Waals surface area contributed by atoms with Crippen LogP contribution in [0.25, 0.3) is 0 Å². The minimum absolute atomic E-state index is 0.149. The van der Waals surface area contributed by atoms with Crippen molar-refractivity contribution in [3.05, 3.63) is 75.6 Å². The third-order valence-corrected chi connectivity index (χ3v) is 8.71. The van der Waals surface area contributed by atoms with Gasteiger partial charge < -0.3 is 20.5 Å². The van der Waals surface area contributed by atoms with Gasteiger partial charge in [0.15, 0.2) is 5.17 Å². The third kappa shape index (κ3) is 8.15. The van der Waals surface area contributed by atoms with Crippen LogP contribution in [0.4, 0.5) is 5.13 Å². The predicted octanol–water partition coefficient (Wildman–Crippen LogP) is 5.34. The van der Waals surface area contributed by atoms with Gasteiger partial charge in [0.05, 0.1) is 27.1 Å². The number of nitrogens with zero attached hydrogens (tertiary/aromatic N) is 3. The summed E-state index contributed by atoms with van der Waals surface area (Å²) < 4.78 is 10.4. The van der Waals surface area contributed by atoms with E-state index >= 15 is 0 Å². The van der Waals surface area contributed by atoms with Crippen LogP contribution >= 0.6 is 23.1 Å². The van der Waals surface area contributed by atoms with Crippen molar-refractivity contribution in [1.29, 1.82) is 0 Å². The Hall–Kier alpha value is -3.70. The number of hydrogen-bond donors (Lipinski definition) is 2. The van der Waals surface area contributed by atoms with E-state index in [2.05, 4.69) is 20.5 Å². The van der Waals surface area contributed by atoms with E-state index in [0.717, 1.165) is 40.3 Å². The highest BCUT2D eigenvalue weighted by molar-refractivity contribution is 8.17. The molecule has 0 spiro atoms. The van der Waals surface area contributed by atoms with Gasteiger partial charge in [0.1, 0.15) is 16.5 Å². The highest BCUT2D eigenvalue weighted by Gasteiger charge is 2.31. The summed E-state index contributed by atoms with van der Waals surface area (Å²) in [5, 5.41) is 13.1. The smallest absolute Gasteiger partial charge is 0.252 e. The zero-order valence-corrected chi connectivity index (χ0v) is 24.4. The van der Waals surface area contributed by atoms with E-state index in [0.29, 0.717) is 16.6 Å². The Bertz CT molecular complexity index is 1400. The number of amides is 2. The van der Waals surface area contributed by atoms with Crippen molar-refractivity contribution in [3.8, 4) is 11.5 Å². The molecule has 1 aromatic heterocycles. The Labute approximate surface area is 242 Å². The number of methoxy groups -OCH3 is 2. The van der Waals surface area contributed by atoms with Crippen LogP contribution in [-0.2, 0) is 22.4 Å². The Morgan fingerprint density at radius 3 is 2.40 bits per heavy atom. The fraction of sp³-hybridized carbons (Fsp3) is 0.345. The second-order valence-corrected chi connectivity index (χ2v) is 11.5. The molecule has 0 saturated heterocycles. The second kappa shape index (κ2) is 14.1. The number of benzene rings is 2. The molecule has 3 aromatic rings. The average Bonchev–Trinajstić information content (AvgIpc) is 3.62. The number of hydrogen-bond acceptors (Lipinski definition) is 8. The molecule has 1 fully saturated rings. The lowest BCUT2D eigenvalue weighted by Crippen LogP contribution is -2.14. The lowest BCUT2D eigenvalue weighted by molar-refractivity contribution is -0.117. The number of carbonyl (C=O) groups is 2. The fourth-order valence-electron chi connectivity index (χ4n) is 4.69. The number of rotatable bonds is 10. The van der Waals surface area contributed by atoms with E-state index < -0.39 is 0 Å². The normalized spacial score (nSPS) is 17.5. The van der Waals surface area contributed by atoms with Crippen molar-refractivity contribution >= 4 is 45.2 Å². The third-order valence-electron chi connectivity index (χ3n) is 6.60. The number of aliphatic imine (C=N–C) groups is 1. The molecule has 2 atom stereocenters.